The monoisotopic (exact) mass is 203 g/mol. The van der Waals surface area contributed by atoms with Crippen LogP contribution in [0.3, 0.4) is 0 Å². The molecule has 14 heavy (non-hydrogen) atoms. The number of nitrogens with one attached hydrogen (secondary N) is 1. The highest BCUT2D eigenvalue weighted by Crippen LogP contribution is 2.06. The predicted molar refractivity (Wildman–Crippen MR) is 56.4 cm³/mol. The van der Waals surface area contributed by atoms with E-state index in [0.717, 1.165) is 6.42 Å². The van der Waals surface area contributed by atoms with Gasteiger partial charge in [-0.05, 0) is 19.8 Å². The van der Waals surface area contributed by atoms with Crippen molar-refractivity contribution in [3.05, 3.63) is 0 Å². The summed E-state index contributed by atoms with van der Waals surface area (Å²) >= 11 is 0. The van der Waals surface area contributed by atoms with Crippen molar-refractivity contribution >= 4 is 5.84 Å². The second kappa shape index (κ2) is 5.82. The van der Waals surface area contributed by atoms with Gasteiger partial charge in [-0.25, -0.2) is 0 Å². The first-order valence-corrected chi connectivity index (χ1v) is 4.90. The molecule has 5 nitrogen and oxygen atoms in total. The van der Waals surface area contributed by atoms with Crippen LogP contribution in [0.1, 0.15) is 33.6 Å². The van der Waals surface area contributed by atoms with Crippen LogP contribution in [-0.2, 0) is 0 Å². The van der Waals surface area contributed by atoms with Gasteiger partial charge >= 0.3 is 0 Å². The SMILES string of the molecule is CCC(NCC(C)(O)CC)C(N)=NO. The van der Waals surface area contributed by atoms with Gasteiger partial charge in [0.05, 0.1) is 11.6 Å². The van der Waals surface area contributed by atoms with Gasteiger partial charge in [0.15, 0.2) is 5.84 Å². The normalized spacial score (nSPS) is 19.0. The average Bonchev–Trinajstić information content (AvgIpc) is 2.18. The molecule has 0 amide bonds. The van der Waals surface area contributed by atoms with Crippen molar-refractivity contribution in [3.63, 3.8) is 0 Å². The third-order valence-electron chi connectivity index (χ3n) is 2.37. The van der Waals surface area contributed by atoms with Crippen molar-refractivity contribution in [3.8, 4) is 0 Å². The third-order valence-corrected chi connectivity index (χ3v) is 2.37. The van der Waals surface area contributed by atoms with Gasteiger partial charge in [-0.15, -0.1) is 0 Å². The molecular formula is C9H21N3O2. The van der Waals surface area contributed by atoms with E-state index in [9.17, 15) is 5.11 Å². The maximum Gasteiger partial charge on any atom is 0.156 e. The van der Waals surface area contributed by atoms with Crippen molar-refractivity contribution in [2.24, 2.45) is 10.9 Å². The molecule has 0 saturated heterocycles. The van der Waals surface area contributed by atoms with Crippen molar-refractivity contribution in [1.82, 2.24) is 5.32 Å². The van der Waals surface area contributed by atoms with Crippen LogP contribution < -0.4 is 11.1 Å². The Morgan fingerprint density at radius 2 is 2.14 bits per heavy atom. The Hall–Kier alpha value is -0.810. The van der Waals surface area contributed by atoms with E-state index in [1.807, 2.05) is 13.8 Å². The van der Waals surface area contributed by atoms with Crippen LogP contribution >= 0.6 is 0 Å². The van der Waals surface area contributed by atoms with Crippen LogP contribution in [0.4, 0.5) is 0 Å². The van der Waals surface area contributed by atoms with E-state index in [1.165, 1.54) is 0 Å². The molecule has 0 radical (unpaired) electrons. The molecule has 2 atom stereocenters. The predicted octanol–water partition coefficient (Wildman–Crippen LogP) is 0.262. The van der Waals surface area contributed by atoms with Gasteiger partial charge in [0.2, 0.25) is 0 Å². The molecule has 0 bridgehead atoms. The number of hydrogen-bond acceptors (Lipinski definition) is 4. The van der Waals surface area contributed by atoms with Crippen LogP contribution in [-0.4, -0.2) is 34.3 Å². The first-order valence-electron chi connectivity index (χ1n) is 4.90. The molecule has 0 fully saturated rings. The minimum atomic E-state index is -0.747. The molecule has 0 aromatic rings. The minimum Gasteiger partial charge on any atom is -0.409 e. The zero-order chi connectivity index (χ0) is 11.2. The van der Waals surface area contributed by atoms with Crippen LogP contribution in [0.5, 0.6) is 0 Å². The second-order valence-corrected chi connectivity index (χ2v) is 3.72. The second-order valence-electron chi connectivity index (χ2n) is 3.72. The first-order chi connectivity index (χ1) is 6.46. The number of aliphatic hydroxyl groups is 1. The number of amidine groups is 1. The van der Waals surface area contributed by atoms with E-state index >= 15 is 0 Å². The van der Waals surface area contributed by atoms with Crippen LogP contribution in [0, 0.1) is 0 Å². The summed E-state index contributed by atoms with van der Waals surface area (Å²) < 4.78 is 0. The molecule has 0 aliphatic rings. The fourth-order valence-electron chi connectivity index (χ4n) is 0.996. The van der Waals surface area contributed by atoms with Crippen LogP contribution in [0.25, 0.3) is 0 Å². The molecule has 5 heteroatoms. The summed E-state index contributed by atoms with van der Waals surface area (Å²) in [6.45, 7) is 6.01. The number of nitrogens with two attached hydrogens (primary N) is 1. The van der Waals surface area contributed by atoms with Gasteiger partial charge in [0, 0.05) is 6.54 Å². The molecule has 0 spiro atoms. The summed E-state index contributed by atoms with van der Waals surface area (Å²) in [5, 5.41) is 24.2. The summed E-state index contributed by atoms with van der Waals surface area (Å²) in [5.41, 5.74) is 4.71. The standard InChI is InChI=1S/C9H21N3O2/c1-4-7(8(10)12-14)11-6-9(3,13)5-2/h7,11,13-14H,4-6H2,1-3H3,(H2,10,12). The Balaban J connectivity index is 4.09. The fourth-order valence-corrected chi connectivity index (χ4v) is 0.996. The Kier molecular flexibility index (Phi) is 5.49. The maximum absolute atomic E-state index is 9.72. The van der Waals surface area contributed by atoms with Gasteiger partial charge < -0.3 is 21.4 Å². The zero-order valence-corrected chi connectivity index (χ0v) is 9.12. The Morgan fingerprint density at radius 1 is 1.57 bits per heavy atom. The molecule has 5 N–H and O–H groups in total. The molecule has 0 aliphatic carbocycles. The van der Waals surface area contributed by atoms with E-state index in [0.29, 0.717) is 13.0 Å². The smallest absolute Gasteiger partial charge is 0.156 e. The molecule has 0 aromatic heterocycles. The summed E-state index contributed by atoms with van der Waals surface area (Å²) in [4.78, 5) is 0. The Morgan fingerprint density at radius 3 is 2.50 bits per heavy atom. The van der Waals surface area contributed by atoms with E-state index in [2.05, 4.69) is 10.5 Å². The first kappa shape index (κ1) is 13.2. The number of rotatable bonds is 6. The number of nitrogens with zero attached hydrogens (tertiary/aromatic N) is 1. The molecule has 0 heterocycles. The Bertz CT molecular complexity index is 192. The maximum atomic E-state index is 9.72. The van der Waals surface area contributed by atoms with Crippen molar-refractivity contribution in [2.75, 3.05) is 6.54 Å². The van der Waals surface area contributed by atoms with Crippen molar-refractivity contribution in [2.45, 2.75) is 45.3 Å². The molecular weight excluding hydrogens is 182 g/mol. The molecule has 0 aliphatic heterocycles. The van der Waals surface area contributed by atoms with E-state index in [-0.39, 0.29) is 11.9 Å². The van der Waals surface area contributed by atoms with Gasteiger partial charge in [-0.1, -0.05) is 19.0 Å². The highest BCUT2D eigenvalue weighted by Gasteiger charge is 2.20. The summed E-state index contributed by atoms with van der Waals surface area (Å²) in [6.07, 6.45) is 1.38. The van der Waals surface area contributed by atoms with Gasteiger partial charge in [0.1, 0.15) is 0 Å². The van der Waals surface area contributed by atoms with E-state index in [4.69, 9.17) is 10.9 Å². The molecule has 2 unspecified atom stereocenters. The molecule has 0 rings (SSSR count). The summed E-state index contributed by atoms with van der Waals surface area (Å²) in [7, 11) is 0. The minimum absolute atomic E-state index is 0.152. The number of hydrogen-bond donors (Lipinski definition) is 4. The lowest BCUT2D eigenvalue weighted by Crippen LogP contribution is -2.47. The van der Waals surface area contributed by atoms with Crippen LogP contribution in [0.2, 0.25) is 0 Å². The molecule has 84 valence electrons. The molecule has 0 aromatic carbocycles. The third kappa shape index (κ3) is 4.43. The summed E-state index contributed by atoms with van der Waals surface area (Å²) in [5.74, 6) is 0.152. The van der Waals surface area contributed by atoms with Gasteiger partial charge in [-0.2, -0.15) is 0 Å². The highest BCUT2D eigenvalue weighted by molar-refractivity contribution is 5.85. The van der Waals surface area contributed by atoms with Crippen molar-refractivity contribution < 1.29 is 10.3 Å². The summed E-state index contributed by atoms with van der Waals surface area (Å²) in [6, 6.07) is -0.182. The quantitative estimate of drug-likeness (QED) is 0.216. The topological polar surface area (TPSA) is 90.9 Å². The zero-order valence-electron chi connectivity index (χ0n) is 9.12. The van der Waals surface area contributed by atoms with E-state index in [1.54, 1.807) is 6.92 Å². The lowest BCUT2D eigenvalue weighted by Gasteiger charge is -2.25. The van der Waals surface area contributed by atoms with Crippen molar-refractivity contribution in [1.29, 1.82) is 0 Å². The van der Waals surface area contributed by atoms with Crippen LogP contribution in [0.15, 0.2) is 5.16 Å². The largest absolute Gasteiger partial charge is 0.409 e. The van der Waals surface area contributed by atoms with Gasteiger partial charge in [0.25, 0.3) is 0 Å². The number of oxime groups is 1. The lowest BCUT2D eigenvalue weighted by molar-refractivity contribution is 0.0545. The average molecular weight is 203 g/mol. The van der Waals surface area contributed by atoms with Gasteiger partial charge in [-0.3, -0.25) is 0 Å². The van der Waals surface area contributed by atoms with E-state index < -0.39 is 5.60 Å². The highest BCUT2D eigenvalue weighted by atomic mass is 16.4. The lowest BCUT2D eigenvalue weighted by atomic mass is 10.0. The molecule has 0 saturated carbocycles. The fraction of sp³-hybridized carbons (Fsp3) is 0.889. The Labute approximate surface area is 85.0 Å².